The highest BCUT2D eigenvalue weighted by Crippen LogP contribution is 2.42. The molecule has 0 aromatic carbocycles. The van der Waals surface area contributed by atoms with E-state index in [4.69, 9.17) is 0 Å². The van der Waals surface area contributed by atoms with E-state index in [1.165, 1.54) is 24.7 Å². The van der Waals surface area contributed by atoms with Crippen molar-refractivity contribution in [2.24, 2.45) is 5.16 Å². The summed E-state index contributed by atoms with van der Waals surface area (Å²) >= 11 is 1.17. The lowest BCUT2D eigenvalue weighted by molar-refractivity contribution is 0.215. The molecule has 116 valence electrons. The van der Waals surface area contributed by atoms with E-state index in [1.807, 2.05) is 0 Å². The van der Waals surface area contributed by atoms with Crippen LogP contribution in [0.5, 0.6) is 0 Å². The zero-order valence-corrected chi connectivity index (χ0v) is 12.8. The third-order valence-corrected chi connectivity index (χ3v) is 5.47. The molecular formula is C12H13F3N2O2S2. The van der Waals surface area contributed by atoms with Gasteiger partial charge in [-0.05, 0) is 12.8 Å². The summed E-state index contributed by atoms with van der Waals surface area (Å²) in [6, 6.07) is 0. The number of rotatable bonds is 7. The van der Waals surface area contributed by atoms with Crippen molar-refractivity contribution in [2.45, 2.75) is 29.5 Å². The van der Waals surface area contributed by atoms with Crippen LogP contribution in [0.2, 0.25) is 0 Å². The fraction of sp³-hybridized carbons (Fsp3) is 0.500. The number of halogens is 3. The van der Waals surface area contributed by atoms with E-state index in [2.05, 4.69) is 15.0 Å². The molecule has 1 saturated carbocycles. The van der Waals surface area contributed by atoms with E-state index >= 15 is 0 Å². The van der Waals surface area contributed by atoms with E-state index in [1.54, 1.807) is 0 Å². The van der Waals surface area contributed by atoms with Gasteiger partial charge in [-0.3, -0.25) is 4.21 Å². The van der Waals surface area contributed by atoms with Gasteiger partial charge in [-0.2, -0.15) is 8.78 Å². The summed E-state index contributed by atoms with van der Waals surface area (Å²) in [7, 11) is -0.196. The fourth-order valence-electron chi connectivity index (χ4n) is 1.63. The molecule has 21 heavy (non-hydrogen) atoms. The molecule has 1 aromatic heterocycles. The molecule has 0 bridgehead atoms. The first kappa shape index (κ1) is 16.2. The second kappa shape index (κ2) is 7.17. The number of oxime groups is 1. The standard InChI is InChI=1S/C12H13F3N2O2S2/c1-19-16-6-9-10(7-2-3-7)17-12(20-9)21(18)5-4-8(13)11(14)15/h6-7H,2-5H2,1H3. The largest absolute Gasteiger partial charge is 0.399 e. The molecule has 1 unspecified atom stereocenters. The zero-order valence-electron chi connectivity index (χ0n) is 11.1. The first-order valence-corrected chi connectivity index (χ1v) is 8.31. The maximum Gasteiger partial charge on any atom is 0.301 e. The number of hydrogen-bond donors (Lipinski definition) is 0. The highest BCUT2D eigenvalue weighted by Gasteiger charge is 2.30. The first-order chi connectivity index (χ1) is 10.0. The maximum absolute atomic E-state index is 12.7. The third-order valence-electron chi connectivity index (χ3n) is 2.81. The minimum atomic E-state index is -2.36. The molecule has 9 heteroatoms. The molecule has 2 rings (SSSR count). The van der Waals surface area contributed by atoms with E-state index < -0.39 is 29.1 Å². The second-order valence-corrected chi connectivity index (χ2v) is 7.16. The van der Waals surface area contributed by atoms with Gasteiger partial charge in [0.15, 0.2) is 10.2 Å². The Labute approximate surface area is 126 Å². The summed E-state index contributed by atoms with van der Waals surface area (Å²) in [4.78, 5) is 9.65. The molecule has 0 spiro atoms. The fourth-order valence-corrected chi connectivity index (χ4v) is 4.00. The Morgan fingerprint density at radius 3 is 2.81 bits per heavy atom. The maximum atomic E-state index is 12.7. The Morgan fingerprint density at radius 2 is 2.24 bits per heavy atom. The van der Waals surface area contributed by atoms with Gasteiger partial charge in [-0.15, -0.1) is 11.3 Å². The van der Waals surface area contributed by atoms with Crippen LogP contribution in [0.3, 0.4) is 0 Å². The molecule has 0 amide bonds. The van der Waals surface area contributed by atoms with Gasteiger partial charge in [0.1, 0.15) is 7.11 Å². The Hall–Kier alpha value is -1.22. The van der Waals surface area contributed by atoms with Crippen molar-refractivity contribution in [3.8, 4) is 0 Å². The molecule has 0 saturated heterocycles. The lowest BCUT2D eigenvalue weighted by Gasteiger charge is -1.96. The monoisotopic (exact) mass is 338 g/mol. The van der Waals surface area contributed by atoms with Crippen molar-refractivity contribution in [1.29, 1.82) is 0 Å². The van der Waals surface area contributed by atoms with E-state index in [0.29, 0.717) is 10.3 Å². The van der Waals surface area contributed by atoms with Crippen molar-refractivity contribution in [2.75, 3.05) is 12.9 Å². The summed E-state index contributed by atoms with van der Waals surface area (Å²) in [5.74, 6) is -1.42. The van der Waals surface area contributed by atoms with Crippen LogP contribution < -0.4 is 0 Å². The van der Waals surface area contributed by atoms with Crippen molar-refractivity contribution in [3.05, 3.63) is 22.5 Å². The normalized spacial score (nSPS) is 16.2. The Kier molecular flexibility index (Phi) is 5.51. The van der Waals surface area contributed by atoms with Crippen LogP contribution in [0.25, 0.3) is 0 Å². The average Bonchev–Trinajstić information content (AvgIpc) is 3.22. The Bertz CT molecular complexity index is 593. The highest BCUT2D eigenvalue weighted by molar-refractivity contribution is 7.87. The minimum absolute atomic E-state index is 0.221. The zero-order chi connectivity index (χ0) is 15.4. The average molecular weight is 338 g/mol. The number of aromatic nitrogens is 1. The van der Waals surface area contributed by atoms with Gasteiger partial charge in [0.2, 0.25) is 0 Å². The predicted molar refractivity (Wildman–Crippen MR) is 74.9 cm³/mol. The van der Waals surface area contributed by atoms with Gasteiger partial charge in [-0.1, -0.05) is 5.16 Å². The van der Waals surface area contributed by atoms with Crippen LogP contribution in [-0.4, -0.2) is 28.3 Å². The van der Waals surface area contributed by atoms with Crippen molar-refractivity contribution < 1.29 is 22.2 Å². The van der Waals surface area contributed by atoms with Gasteiger partial charge in [0, 0.05) is 18.1 Å². The summed E-state index contributed by atoms with van der Waals surface area (Å²) in [5, 5.41) is 3.66. The van der Waals surface area contributed by atoms with Crippen LogP contribution >= 0.6 is 11.3 Å². The molecule has 0 aliphatic heterocycles. The smallest absolute Gasteiger partial charge is 0.301 e. The van der Waals surface area contributed by atoms with Crippen LogP contribution in [-0.2, 0) is 15.6 Å². The highest BCUT2D eigenvalue weighted by atomic mass is 32.2. The van der Waals surface area contributed by atoms with E-state index in [9.17, 15) is 17.4 Å². The molecule has 0 radical (unpaired) electrons. The van der Waals surface area contributed by atoms with E-state index in [-0.39, 0.29) is 5.75 Å². The SMILES string of the molecule is CON=Cc1sc(S(=O)CCC(F)=C(F)F)nc1C1CC1. The second-order valence-electron chi connectivity index (χ2n) is 4.39. The van der Waals surface area contributed by atoms with Crippen LogP contribution in [0.1, 0.15) is 35.8 Å². The summed E-state index contributed by atoms with van der Waals surface area (Å²) in [6.07, 6.45) is 0.586. The molecule has 1 aliphatic carbocycles. The summed E-state index contributed by atoms with van der Waals surface area (Å²) in [6.45, 7) is 0. The number of thiazole rings is 1. The number of allylic oxidation sites excluding steroid dienone is 1. The Balaban J connectivity index is 2.10. The minimum Gasteiger partial charge on any atom is -0.399 e. The predicted octanol–water partition coefficient (Wildman–Crippen LogP) is 3.58. The van der Waals surface area contributed by atoms with E-state index in [0.717, 1.165) is 23.4 Å². The first-order valence-electron chi connectivity index (χ1n) is 6.18. The summed E-state index contributed by atoms with van der Waals surface area (Å²) < 4.78 is 49.0. The molecule has 1 heterocycles. The summed E-state index contributed by atoms with van der Waals surface area (Å²) in [5.41, 5.74) is 0.803. The van der Waals surface area contributed by atoms with Gasteiger partial charge >= 0.3 is 6.08 Å². The van der Waals surface area contributed by atoms with Gasteiger partial charge in [0.05, 0.1) is 27.6 Å². The quantitative estimate of drug-likeness (QED) is 0.564. The Morgan fingerprint density at radius 1 is 1.52 bits per heavy atom. The molecule has 1 fully saturated rings. The number of nitrogens with zero attached hydrogens (tertiary/aromatic N) is 2. The van der Waals surface area contributed by atoms with Crippen LogP contribution in [0.15, 0.2) is 21.4 Å². The van der Waals surface area contributed by atoms with Crippen molar-refractivity contribution >= 4 is 28.4 Å². The van der Waals surface area contributed by atoms with Crippen molar-refractivity contribution in [3.63, 3.8) is 0 Å². The topological polar surface area (TPSA) is 51.5 Å². The lowest BCUT2D eigenvalue weighted by atomic mass is 10.3. The van der Waals surface area contributed by atoms with Gasteiger partial charge in [-0.25, -0.2) is 9.37 Å². The van der Waals surface area contributed by atoms with Crippen LogP contribution in [0.4, 0.5) is 13.2 Å². The van der Waals surface area contributed by atoms with Crippen molar-refractivity contribution in [1.82, 2.24) is 4.98 Å². The third kappa shape index (κ3) is 4.37. The van der Waals surface area contributed by atoms with Crippen LogP contribution in [0, 0.1) is 0 Å². The molecule has 1 aliphatic rings. The van der Waals surface area contributed by atoms with Gasteiger partial charge in [0.25, 0.3) is 0 Å². The molecule has 4 nitrogen and oxygen atoms in total. The molecule has 1 atom stereocenters. The lowest BCUT2D eigenvalue weighted by Crippen LogP contribution is -1.98. The van der Waals surface area contributed by atoms with Gasteiger partial charge < -0.3 is 4.84 Å². The molecule has 1 aromatic rings. The number of hydrogen-bond acceptors (Lipinski definition) is 5. The molecular weight excluding hydrogens is 325 g/mol. The molecule has 0 N–H and O–H groups in total.